The van der Waals surface area contributed by atoms with Crippen molar-refractivity contribution >= 4 is 15.9 Å². The Morgan fingerprint density at radius 2 is 1.26 bits per heavy atom. The number of benzene rings is 1. The summed E-state index contributed by atoms with van der Waals surface area (Å²) in [6.45, 7) is 13.6. The van der Waals surface area contributed by atoms with Crippen molar-refractivity contribution in [3.63, 3.8) is 0 Å². The summed E-state index contributed by atoms with van der Waals surface area (Å²) < 4.78 is 28.4. The van der Waals surface area contributed by atoms with Gasteiger partial charge in [0, 0.05) is 40.3 Å². The van der Waals surface area contributed by atoms with Crippen LogP contribution in [0.2, 0.25) is 0 Å². The highest BCUT2D eigenvalue weighted by atomic mass is 32.2. The minimum absolute atomic E-state index is 0.0442. The summed E-state index contributed by atoms with van der Waals surface area (Å²) in [7, 11) is -0.0731. The van der Waals surface area contributed by atoms with Crippen molar-refractivity contribution < 1.29 is 13.2 Å². The summed E-state index contributed by atoms with van der Waals surface area (Å²) in [4.78, 5) is 16.3. The Morgan fingerprint density at radius 3 is 1.67 bits per heavy atom. The molecule has 0 bridgehead atoms. The molecule has 2 rings (SSSR count). The zero-order valence-corrected chi connectivity index (χ0v) is 18.7. The van der Waals surface area contributed by atoms with E-state index in [9.17, 15) is 13.2 Å². The molecule has 0 aliphatic carbocycles. The van der Waals surface area contributed by atoms with E-state index in [1.165, 1.54) is 0 Å². The van der Waals surface area contributed by atoms with E-state index in [1.54, 1.807) is 23.3 Å². The first kappa shape index (κ1) is 21.9. The number of hydrogen-bond donors (Lipinski definition) is 0. The zero-order valence-electron chi connectivity index (χ0n) is 17.9. The van der Waals surface area contributed by atoms with Gasteiger partial charge in [-0.3, -0.25) is 9.69 Å². The molecule has 0 unspecified atom stereocenters. The molecule has 1 aromatic carbocycles. The van der Waals surface area contributed by atoms with Crippen LogP contribution in [-0.2, 0) is 14.8 Å². The van der Waals surface area contributed by atoms with Crippen LogP contribution < -0.4 is 0 Å². The van der Waals surface area contributed by atoms with E-state index < -0.39 is 10.0 Å². The first-order chi connectivity index (χ1) is 12.4. The number of amides is 1. The van der Waals surface area contributed by atoms with Gasteiger partial charge in [-0.2, -0.15) is 4.31 Å². The van der Waals surface area contributed by atoms with Crippen LogP contribution in [0.3, 0.4) is 0 Å². The predicted molar refractivity (Wildman–Crippen MR) is 109 cm³/mol. The van der Waals surface area contributed by atoms with Crippen LogP contribution in [0, 0.1) is 34.6 Å². The third-order valence-corrected chi connectivity index (χ3v) is 8.32. The number of piperazine rings is 1. The van der Waals surface area contributed by atoms with Crippen LogP contribution in [-0.4, -0.2) is 74.7 Å². The Kier molecular flexibility index (Phi) is 6.39. The van der Waals surface area contributed by atoms with Gasteiger partial charge in [0.15, 0.2) is 0 Å². The number of likely N-dealkylation sites (N-methyl/N-ethyl adjacent to an activating group) is 1. The third-order valence-electron chi connectivity index (χ3n) is 6.15. The molecule has 0 saturated carbocycles. The van der Waals surface area contributed by atoms with Crippen LogP contribution in [0.25, 0.3) is 0 Å². The van der Waals surface area contributed by atoms with Gasteiger partial charge >= 0.3 is 0 Å². The van der Waals surface area contributed by atoms with Gasteiger partial charge in [0.05, 0.1) is 10.9 Å². The molecule has 1 aliphatic heterocycles. The summed E-state index contributed by atoms with van der Waals surface area (Å²) in [5.41, 5.74) is 4.93. The lowest BCUT2D eigenvalue weighted by Gasteiger charge is -2.38. The lowest BCUT2D eigenvalue weighted by Crippen LogP contribution is -2.54. The standard InChI is InChI=1S/C20H33N3O3S/c1-13-14(2)16(4)19(17(5)15(13)3)27(25,26)23-11-9-22(10-12-23)18(6)20(24)21(7)8/h18H,9-12H2,1-8H3/t18-/m1/s1. The van der Waals surface area contributed by atoms with Crippen molar-refractivity contribution in [3.05, 3.63) is 27.8 Å². The van der Waals surface area contributed by atoms with Gasteiger partial charge in [-0.1, -0.05) is 0 Å². The fraction of sp³-hybridized carbons (Fsp3) is 0.650. The molecule has 1 heterocycles. The number of nitrogens with zero attached hydrogens (tertiary/aromatic N) is 3. The van der Waals surface area contributed by atoms with Gasteiger partial charge in [0.25, 0.3) is 0 Å². The monoisotopic (exact) mass is 395 g/mol. The van der Waals surface area contributed by atoms with E-state index in [0.717, 1.165) is 27.8 Å². The fourth-order valence-electron chi connectivity index (χ4n) is 3.84. The van der Waals surface area contributed by atoms with Gasteiger partial charge in [-0.25, -0.2) is 8.42 Å². The van der Waals surface area contributed by atoms with E-state index >= 15 is 0 Å². The minimum Gasteiger partial charge on any atom is -0.347 e. The molecular weight excluding hydrogens is 362 g/mol. The van der Waals surface area contributed by atoms with E-state index in [1.807, 2.05) is 41.5 Å². The Labute approximate surface area is 164 Å². The zero-order chi connectivity index (χ0) is 20.7. The maximum Gasteiger partial charge on any atom is 0.243 e. The molecule has 1 aromatic rings. The van der Waals surface area contributed by atoms with Crippen LogP contribution in [0.5, 0.6) is 0 Å². The topological polar surface area (TPSA) is 60.9 Å². The molecule has 0 N–H and O–H groups in total. The van der Waals surface area contributed by atoms with E-state index in [2.05, 4.69) is 4.90 Å². The molecule has 6 nitrogen and oxygen atoms in total. The smallest absolute Gasteiger partial charge is 0.243 e. The highest BCUT2D eigenvalue weighted by molar-refractivity contribution is 7.89. The van der Waals surface area contributed by atoms with Crippen molar-refractivity contribution in [2.75, 3.05) is 40.3 Å². The van der Waals surface area contributed by atoms with Crippen LogP contribution in [0.4, 0.5) is 0 Å². The quantitative estimate of drug-likeness (QED) is 0.782. The van der Waals surface area contributed by atoms with Gasteiger partial charge < -0.3 is 4.90 Å². The third kappa shape index (κ3) is 3.91. The summed E-state index contributed by atoms with van der Waals surface area (Å²) in [5.74, 6) is 0.0442. The van der Waals surface area contributed by atoms with Crippen molar-refractivity contribution in [2.24, 2.45) is 0 Å². The van der Waals surface area contributed by atoms with Crippen LogP contribution in [0.1, 0.15) is 34.7 Å². The number of hydrogen-bond acceptors (Lipinski definition) is 4. The second kappa shape index (κ2) is 7.89. The molecule has 7 heteroatoms. The van der Waals surface area contributed by atoms with Gasteiger partial charge in [0.2, 0.25) is 15.9 Å². The first-order valence-corrected chi connectivity index (χ1v) is 10.9. The fourth-order valence-corrected chi connectivity index (χ4v) is 5.82. The number of carbonyl (C=O) groups is 1. The summed E-state index contributed by atoms with van der Waals surface area (Å²) in [5, 5.41) is 0. The number of rotatable bonds is 4. The first-order valence-electron chi connectivity index (χ1n) is 9.43. The second-order valence-electron chi connectivity index (χ2n) is 7.80. The highest BCUT2D eigenvalue weighted by Crippen LogP contribution is 2.32. The molecule has 1 amide bonds. The van der Waals surface area contributed by atoms with Crippen LogP contribution >= 0.6 is 0 Å². The SMILES string of the molecule is Cc1c(C)c(C)c(S(=O)(=O)N2CCN([C@H](C)C(=O)N(C)C)CC2)c(C)c1C. The Morgan fingerprint density at radius 1 is 0.852 bits per heavy atom. The largest absolute Gasteiger partial charge is 0.347 e. The Balaban J connectivity index is 2.28. The summed E-state index contributed by atoms with van der Waals surface area (Å²) in [6, 6.07) is -0.239. The molecule has 0 radical (unpaired) electrons. The van der Waals surface area contributed by atoms with Crippen molar-refractivity contribution in [1.82, 2.24) is 14.1 Å². The molecule has 1 saturated heterocycles. The minimum atomic E-state index is -3.56. The molecule has 0 spiro atoms. The van der Waals surface area contributed by atoms with Crippen molar-refractivity contribution in [2.45, 2.75) is 52.5 Å². The Bertz CT molecular complexity index is 810. The predicted octanol–water partition coefficient (Wildman–Crippen LogP) is 2.01. The highest BCUT2D eigenvalue weighted by Gasteiger charge is 2.34. The maximum atomic E-state index is 13.4. The summed E-state index contributed by atoms with van der Waals surface area (Å²) in [6.07, 6.45) is 0. The number of sulfonamides is 1. The van der Waals surface area contributed by atoms with E-state index in [-0.39, 0.29) is 11.9 Å². The van der Waals surface area contributed by atoms with Gasteiger partial charge in [-0.05, 0) is 69.4 Å². The lowest BCUT2D eigenvalue weighted by molar-refractivity contribution is -0.134. The molecule has 1 aliphatic rings. The maximum absolute atomic E-state index is 13.4. The Hall–Kier alpha value is -1.44. The van der Waals surface area contributed by atoms with E-state index in [4.69, 9.17) is 0 Å². The molecule has 1 fully saturated rings. The molecule has 27 heavy (non-hydrogen) atoms. The second-order valence-corrected chi connectivity index (χ2v) is 9.68. The van der Waals surface area contributed by atoms with Gasteiger partial charge in [-0.15, -0.1) is 0 Å². The average molecular weight is 396 g/mol. The van der Waals surface area contributed by atoms with Crippen molar-refractivity contribution in [3.8, 4) is 0 Å². The lowest BCUT2D eigenvalue weighted by atomic mass is 9.95. The molecule has 152 valence electrons. The van der Waals surface area contributed by atoms with Gasteiger partial charge in [0.1, 0.15) is 0 Å². The van der Waals surface area contributed by atoms with Crippen molar-refractivity contribution in [1.29, 1.82) is 0 Å². The molecule has 0 aromatic heterocycles. The molecule has 1 atom stereocenters. The normalized spacial score (nSPS) is 17.8. The summed E-state index contributed by atoms with van der Waals surface area (Å²) >= 11 is 0. The number of carbonyl (C=O) groups excluding carboxylic acids is 1. The van der Waals surface area contributed by atoms with E-state index in [0.29, 0.717) is 31.1 Å². The van der Waals surface area contributed by atoms with Crippen LogP contribution in [0.15, 0.2) is 4.90 Å². The molecular formula is C20H33N3O3S. The average Bonchev–Trinajstić information content (AvgIpc) is 2.63.